The number of carbonyl (C=O) groups is 1. The number of ether oxygens (including phenoxy) is 1. The molecule has 142 valence electrons. The number of hydrogen-bond donors (Lipinski definition) is 2. The van der Waals surface area contributed by atoms with Gasteiger partial charge in [-0.3, -0.25) is 0 Å². The van der Waals surface area contributed by atoms with Gasteiger partial charge < -0.3 is 15.4 Å². The second kappa shape index (κ2) is 7.74. The molecule has 1 saturated heterocycles. The normalized spacial score (nSPS) is 23.6. The Morgan fingerprint density at radius 1 is 1.22 bits per heavy atom. The third-order valence-electron chi connectivity index (χ3n) is 6.27. The van der Waals surface area contributed by atoms with Crippen LogP contribution in [0, 0.1) is 16.7 Å². The maximum absolute atomic E-state index is 12.6. The highest BCUT2D eigenvalue weighted by Gasteiger charge is 2.42. The molecule has 4 rings (SSSR count). The van der Waals surface area contributed by atoms with E-state index in [0.29, 0.717) is 12.2 Å². The predicted octanol–water partition coefficient (Wildman–Crippen LogP) is 3.91. The van der Waals surface area contributed by atoms with Crippen LogP contribution in [0.2, 0.25) is 0 Å². The summed E-state index contributed by atoms with van der Waals surface area (Å²) >= 11 is 0. The van der Waals surface area contributed by atoms with Gasteiger partial charge in [0.05, 0.1) is 23.4 Å². The summed E-state index contributed by atoms with van der Waals surface area (Å²) in [6.07, 6.45) is 8.59. The highest BCUT2D eigenvalue weighted by molar-refractivity contribution is 5.89. The number of nitrogens with one attached hydrogen (secondary N) is 2. The molecule has 1 aliphatic heterocycles. The first-order valence-corrected chi connectivity index (χ1v) is 10.1. The largest absolute Gasteiger partial charge is 0.376 e. The van der Waals surface area contributed by atoms with Crippen LogP contribution in [0.15, 0.2) is 29.8 Å². The van der Waals surface area contributed by atoms with Gasteiger partial charge in [-0.05, 0) is 37.7 Å². The van der Waals surface area contributed by atoms with E-state index >= 15 is 0 Å². The Bertz CT molecular complexity index is 781. The standard InChI is InChI=1S/C22H27N3O2/c23-14-19-20(25-21(26)24-15-17-8-6-12-27-17)18-9-3-2-7-16(18)13-22(19)10-4-1-5-11-22/h2-3,7,9,17H,1,4-6,8,10-13,15H2,(H2,24,25,26). The number of carbonyl (C=O) groups excluding carboxylic acids is 1. The van der Waals surface area contributed by atoms with Crippen LogP contribution in [-0.2, 0) is 11.2 Å². The Labute approximate surface area is 160 Å². The Morgan fingerprint density at radius 2 is 2.04 bits per heavy atom. The Hall–Kier alpha value is -2.32. The van der Waals surface area contributed by atoms with E-state index in [4.69, 9.17) is 4.74 Å². The van der Waals surface area contributed by atoms with E-state index in [0.717, 1.165) is 62.7 Å². The summed E-state index contributed by atoms with van der Waals surface area (Å²) in [6, 6.07) is 10.4. The summed E-state index contributed by atoms with van der Waals surface area (Å²) in [7, 11) is 0. The summed E-state index contributed by atoms with van der Waals surface area (Å²) in [6.45, 7) is 1.28. The Kier molecular flexibility index (Phi) is 5.18. The van der Waals surface area contributed by atoms with Gasteiger partial charge in [-0.1, -0.05) is 43.5 Å². The van der Waals surface area contributed by atoms with Crippen LogP contribution in [0.1, 0.15) is 56.1 Å². The number of urea groups is 1. The quantitative estimate of drug-likeness (QED) is 0.853. The molecule has 1 spiro atoms. The fraction of sp³-hybridized carbons (Fsp3) is 0.545. The third kappa shape index (κ3) is 3.59. The maximum Gasteiger partial charge on any atom is 0.319 e. The van der Waals surface area contributed by atoms with Crippen LogP contribution in [0.4, 0.5) is 4.79 Å². The number of amides is 2. The van der Waals surface area contributed by atoms with Crippen molar-refractivity contribution in [3.8, 4) is 6.07 Å². The molecule has 2 N–H and O–H groups in total. The summed E-state index contributed by atoms with van der Waals surface area (Å²) < 4.78 is 5.58. The molecule has 0 radical (unpaired) electrons. The number of nitrogens with zero attached hydrogens (tertiary/aromatic N) is 1. The molecule has 0 aromatic heterocycles. The van der Waals surface area contributed by atoms with Gasteiger partial charge in [0.1, 0.15) is 0 Å². The molecule has 2 fully saturated rings. The van der Waals surface area contributed by atoms with E-state index in [2.05, 4.69) is 22.8 Å². The first kappa shape index (κ1) is 18.1. The number of rotatable bonds is 3. The van der Waals surface area contributed by atoms with Crippen molar-refractivity contribution in [2.45, 2.75) is 57.5 Å². The van der Waals surface area contributed by atoms with Crippen molar-refractivity contribution < 1.29 is 9.53 Å². The van der Waals surface area contributed by atoms with Crippen molar-refractivity contribution in [3.05, 3.63) is 41.0 Å². The van der Waals surface area contributed by atoms with Crippen LogP contribution >= 0.6 is 0 Å². The number of hydrogen-bond acceptors (Lipinski definition) is 3. The van der Waals surface area contributed by atoms with E-state index < -0.39 is 0 Å². The van der Waals surface area contributed by atoms with E-state index in [1.165, 1.54) is 12.0 Å². The van der Waals surface area contributed by atoms with Crippen molar-refractivity contribution in [3.63, 3.8) is 0 Å². The Balaban J connectivity index is 1.61. The molecule has 1 saturated carbocycles. The summed E-state index contributed by atoms with van der Waals surface area (Å²) in [4.78, 5) is 12.6. The molecule has 1 unspecified atom stereocenters. The molecule has 2 amide bonds. The van der Waals surface area contributed by atoms with Gasteiger partial charge in [-0.25, -0.2) is 4.79 Å². The van der Waals surface area contributed by atoms with Crippen LogP contribution in [0.5, 0.6) is 0 Å². The molecule has 1 aromatic rings. The van der Waals surface area contributed by atoms with Crippen LogP contribution in [0.25, 0.3) is 5.70 Å². The number of allylic oxidation sites excluding steroid dienone is 1. The lowest BCUT2D eigenvalue weighted by molar-refractivity contribution is 0.111. The summed E-state index contributed by atoms with van der Waals surface area (Å²) in [5.74, 6) is 0. The molecule has 27 heavy (non-hydrogen) atoms. The smallest absolute Gasteiger partial charge is 0.319 e. The van der Waals surface area contributed by atoms with E-state index in [9.17, 15) is 10.1 Å². The Morgan fingerprint density at radius 3 is 2.78 bits per heavy atom. The molecule has 5 nitrogen and oxygen atoms in total. The van der Waals surface area contributed by atoms with Crippen LogP contribution in [0.3, 0.4) is 0 Å². The first-order chi connectivity index (χ1) is 13.2. The minimum Gasteiger partial charge on any atom is -0.376 e. The second-order valence-electron chi connectivity index (χ2n) is 8.01. The van der Waals surface area contributed by atoms with Gasteiger partial charge in [-0.15, -0.1) is 0 Å². The van der Waals surface area contributed by atoms with Crippen LogP contribution in [-0.4, -0.2) is 25.3 Å². The monoisotopic (exact) mass is 365 g/mol. The average Bonchev–Trinajstić information content (AvgIpc) is 3.21. The van der Waals surface area contributed by atoms with Crippen molar-refractivity contribution >= 4 is 11.7 Å². The number of nitriles is 1. The molecule has 1 atom stereocenters. The molecule has 3 aliphatic rings. The van der Waals surface area contributed by atoms with Crippen LogP contribution < -0.4 is 10.6 Å². The number of fused-ring (bicyclic) bond motifs is 1. The second-order valence-corrected chi connectivity index (χ2v) is 8.01. The lowest BCUT2D eigenvalue weighted by atomic mass is 9.62. The van der Waals surface area contributed by atoms with E-state index in [1.807, 2.05) is 18.2 Å². The summed E-state index contributed by atoms with van der Waals surface area (Å²) in [5, 5.41) is 16.0. The molecular formula is C22H27N3O2. The zero-order chi connectivity index (χ0) is 18.7. The third-order valence-corrected chi connectivity index (χ3v) is 6.27. The topological polar surface area (TPSA) is 74.2 Å². The van der Waals surface area contributed by atoms with Gasteiger partial charge >= 0.3 is 6.03 Å². The average molecular weight is 365 g/mol. The highest BCUT2D eigenvalue weighted by atomic mass is 16.5. The maximum atomic E-state index is 12.6. The SMILES string of the molecule is N#CC1=C(NC(=O)NCC2CCCO2)c2ccccc2CC12CCCCC2. The molecule has 0 bridgehead atoms. The zero-order valence-corrected chi connectivity index (χ0v) is 15.7. The van der Waals surface area contributed by atoms with Gasteiger partial charge in [0, 0.05) is 24.1 Å². The number of benzene rings is 1. The predicted molar refractivity (Wildman–Crippen MR) is 104 cm³/mol. The molecule has 2 aliphatic carbocycles. The molecule has 1 aromatic carbocycles. The minimum atomic E-state index is -0.254. The van der Waals surface area contributed by atoms with Gasteiger partial charge in [0.2, 0.25) is 0 Å². The fourth-order valence-electron chi connectivity index (χ4n) is 4.90. The highest BCUT2D eigenvalue weighted by Crippen LogP contribution is 2.50. The van der Waals surface area contributed by atoms with Crippen molar-refractivity contribution in [1.29, 1.82) is 5.26 Å². The van der Waals surface area contributed by atoms with Gasteiger partial charge in [0.25, 0.3) is 0 Å². The van der Waals surface area contributed by atoms with Crippen molar-refractivity contribution in [2.75, 3.05) is 13.2 Å². The van der Waals surface area contributed by atoms with Crippen molar-refractivity contribution in [2.24, 2.45) is 5.41 Å². The van der Waals surface area contributed by atoms with Gasteiger partial charge in [0.15, 0.2) is 0 Å². The fourth-order valence-corrected chi connectivity index (χ4v) is 4.90. The zero-order valence-electron chi connectivity index (χ0n) is 15.7. The van der Waals surface area contributed by atoms with E-state index in [1.54, 1.807) is 0 Å². The minimum absolute atomic E-state index is 0.100. The first-order valence-electron chi connectivity index (χ1n) is 10.1. The lowest BCUT2D eigenvalue weighted by Gasteiger charge is -2.41. The molecular weight excluding hydrogens is 338 g/mol. The summed E-state index contributed by atoms with van der Waals surface area (Å²) in [5.41, 5.74) is 3.54. The molecule has 5 heteroatoms. The lowest BCUT2D eigenvalue weighted by Crippen LogP contribution is -2.42. The molecule has 1 heterocycles. The van der Waals surface area contributed by atoms with Crippen molar-refractivity contribution in [1.82, 2.24) is 10.6 Å². The van der Waals surface area contributed by atoms with Gasteiger partial charge in [-0.2, -0.15) is 5.26 Å². The van der Waals surface area contributed by atoms with E-state index in [-0.39, 0.29) is 17.6 Å².